The molecule has 1 N–H and O–H groups in total. The van der Waals surface area contributed by atoms with Crippen LogP contribution < -0.4 is 10.1 Å². The van der Waals surface area contributed by atoms with Crippen molar-refractivity contribution in [2.75, 3.05) is 6.61 Å². The van der Waals surface area contributed by atoms with Crippen molar-refractivity contribution in [3.8, 4) is 5.75 Å². The molecule has 1 atom stereocenters. The second-order valence-electron chi connectivity index (χ2n) is 6.17. The third kappa shape index (κ3) is 4.85. The van der Waals surface area contributed by atoms with Gasteiger partial charge in [0, 0.05) is 0 Å². The van der Waals surface area contributed by atoms with Crippen molar-refractivity contribution in [3.63, 3.8) is 0 Å². The van der Waals surface area contributed by atoms with Gasteiger partial charge in [-0.3, -0.25) is 4.79 Å². The van der Waals surface area contributed by atoms with Crippen LogP contribution in [0.5, 0.6) is 5.75 Å². The Balaban J connectivity index is 1.93. The number of benzene rings is 2. The lowest BCUT2D eigenvalue weighted by Crippen LogP contribution is -2.32. The summed E-state index contributed by atoms with van der Waals surface area (Å²) in [6.45, 7) is 8.39. The van der Waals surface area contributed by atoms with Crippen molar-refractivity contribution < 1.29 is 9.53 Å². The SMILES string of the molecule is CCc1ccc(OCC(=O)N[C@H](CC)c2ccc(C)cc2C)cc1. The van der Waals surface area contributed by atoms with Crippen molar-refractivity contribution in [2.24, 2.45) is 0 Å². The van der Waals surface area contributed by atoms with E-state index in [9.17, 15) is 4.79 Å². The predicted octanol–water partition coefficient (Wildman–Crippen LogP) is 4.51. The van der Waals surface area contributed by atoms with Gasteiger partial charge in [-0.2, -0.15) is 0 Å². The molecule has 128 valence electrons. The summed E-state index contributed by atoms with van der Waals surface area (Å²) in [6.07, 6.45) is 1.84. The van der Waals surface area contributed by atoms with Crippen LogP contribution in [-0.2, 0) is 11.2 Å². The lowest BCUT2D eigenvalue weighted by Gasteiger charge is -2.20. The summed E-state index contributed by atoms with van der Waals surface area (Å²) in [4.78, 5) is 12.2. The number of carbonyl (C=O) groups excluding carboxylic acids is 1. The van der Waals surface area contributed by atoms with Gasteiger partial charge in [-0.05, 0) is 55.5 Å². The highest BCUT2D eigenvalue weighted by Crippen LogP contribution is 2.21. The largest absolute Gasteiger partial charge is 0.484 e. The Morgan fingerprint density at radius 1 is 1.08 bits per heavy atom. The van der Waals surface area contributed by atoms with Crippen LogP contribution in [0.4, 0.5) is 0 Å². The molecular weight excluding hydrogens is 298 g/mol. The molecule has 0 saturated carbocycles. The van der Waals surface area contributed by atoms with Gasteiger partial charge in [0.15, 0.2) is 6.61 Å². The molecule has 0 aromatic heterocycles. The van der Waals surface area contributed by atoms with Crippen LogP contribution in [0.3, 0.4) is 0 Å². The molecule has 3 nitrogen and oxygen atoms in total. The van der Waals surface area contributed by atoms with Gasteiger partial charge in [0.2, 0.25) is 0 Å². The highest BCUT2D eigenvalue weighted by molar-refractivity contribution is 5.78. The van der Waals surface area contributed by atoms with Crippen molar-refractivity contribution in [3.05, 3.63) is 64.7 Å². The highest BCUT2D eigenvalue weighted by Gasteiger charge is 2.15. The molecule has 0 aliphatic heterocycles. The normalized spacial score (nSPS) is 11.8. The zero-order chi connectivity index (χ0) is 17.5. The van der Waals surface area contributed by atoms with Gasteiger partial charge < -0.3 is 10.1 Å². The van der Waals surface area contributed by atoms with E-state index < -0.39 is 0 Å². The molecule has 0 bridgehead atoms. The lowest BCUT2D eigenvalue weighted by molar-refractivity contribution is -0.123. The number of aryl methyl sites for hydroxylation is 3. The number of amides is 1. The van der Waals surface area contributed by atoms with Crippen LogP contribution in [0.2, 0.25) is 0 Å². The van der Waals surface area contributed by atoms with Gasteiger partial charge in [0.1, 0.15) is 5.75 Å². The minimum absolute atomic E-state index is 0.0177. The van der Waals surface area contributed by atoms with Crippen molar-refractivity contribution in [1.29, 1.82) is 0 Å². The molecule has 0 saturated heterocycles. The zero-order valence-electron chi connectivity index (χ0n) is 15.1. The summed E-state index contributed by atoms with van der Waals surface area (Å²) in [7, 11) is 0. The fourth-order valence-electron chi connectivity index (χ4n) is 2.82. The van der Waals surface area contributed by atoms with Crippen molar-refractivity contribution in [1.82, 2.24) is 5.32 Å². The summed E-state index contributed by atoms with van der Waals surface area (Å²) in [5, 5.41) is 3.07. The predicted molar refractivity (Wildman–Crippen MR) is 98.4 cm³/mol. The molecule has 2 rings (SSSR count). The first-order valence-corrected chi connectivity index (χ1v) is 8.61. The third-order valence-corrected chi connectivity index (χ3v) is 4.25. The Hall–Kier alpha value is -2.29. The van der Waals surface area contributed by atoms with Crippen LogP contribution in [0.25, 0.3) is 0 Å². The smallest absolute Gasteiger partial charge is 0.258 e. The third-order valence-electron chi connectivity index (χ3n) is 4.25. The van der Waals surface area contributed by atoms with Crippen LogP contribution in [0.15, 0.2) is 42.5 Å². The van der Waals surface area contributed by atoms with Crippen LogP contribution in [0, 0.1) is 13.8 Å². The molecule has 0 spiro atoms. The summed E-state index contributed by atoms with van der Waals surface area (Å²) >= 11 is 0. The molecular formula is C21H27NO2. The number of hydrogen-bond donors (Lipinski definition) is 1. The lowest BCUT2D eigenvalue weighted by atomic mass is 9.97. The van der Waals surface area contributed by atoms with E-state index in [2.05, 4.69) is 51.2 Å². The second-order valence-corrected chi connectivity index (χ2v) is 6.17. The highest BCUT2D eigenvalue weighted by atomic mass is 16.5. The zero-order valence-corrected chi connectivity index (χ0v) is 15.1. The molecule has 2 aromatic carbocycles. The van der Waals surface area contributed by atoms with Crippen LogP contribution in [-0.4, -0.2) is 12.5 Å². The summed E-state index contributed by atoms with van der Waals surface area (Å²) in [5.41, 5.74) is 4.87. The second kappa shape index (κ2) is 8.53. The molecule has 0 unspecified atom stereocenters. The topological polar surface area (TPSA) is 38.3 Å². The molecule has 0 fully saturated rings. The maximum atomic E-state index is 12.2. The molecule has 24 heavy (non-hydrogen) atoms. The van der Waals surface area contributed by atoms with Crippen molar-refractivity contribution in [2.45, 2.75) is 46.6 Å². The van der Waals surface area contributed by atoms with E-state index in [-0.39, 0.29) is 18.6 Å². The molecule has 2 aromatic rings. The van der Waals surface area contributed by atoms with E-state index in [0.29, 0.717) is 0 Å². The van der Waals surface area contributed by atoms with Gasteiger partial charge in [0.25, 0.3) is 5.91 Å². The van der Waals surface area contributed by atoms with Crippen LogP contribution in [0.1, 0.15) is 48.6 Å². The first-order chi connectivity index (χ1) is 11.5. The Kier molecular flexibility index (Phi) is 6.42. The summed E-state index contributed by atoms with van der Waals surface area (Å²) in [5.74, 6) is 0.628. The van der Waals surface area contributed by atoms with Gasteiger partial charge in [-0.15, -0.1) is 0 Å². The monoisotopic (exact) mass is 325 g/mol. The molecule has 0 radical (unpaired) electrons. The number of carbonyl (C=O) groups is 1. The van der Waals surface area contributed by atoms with E-state index in [1.54, 1.807) is 0 Å². The van der Waals surface area contributed by atoms with Gasteiger partial charge in [-0.1, -0.05) is 49.7 Å². The Bertz CT molecular complexity index is 677. The van der Waals surface area contributed by atoms with Crippen LogP contribution >= 0.6 is 0 Å². The summed E-state index contributed by atoms with van der Waals surface area (Å²) in [6, 6.07) is 14.2. The Labute approximate surface area is 145 Å². The van der Waals surface area contributed by atoms with Gasteiger partial charge >= 0.3 is 0 Å². The Morgan fingerprint density at radius 2 is 1.79 bits per heavy atom. The van der Waals surface area contributed by atoms with E-state index in [1.807, 2.05) is 24.3 Å². The Morgan fingerprint density at radius 3 is 2.38 bits per heavy atom. The van der Waals surface area contributed by atoms with Gasteiger partial charge in [0.05, 0.1) is 6.04 Å². The quantitative estimate of drug-likeness (QED) is 0.813. The maximum absolute atomic E-state index is 12.2. The van der Waals surface area contributed by atoms with E-state index >= 15 is 0 Å². The number of nitrogens with one attached hydrogen (secondary N) is 1. The molecule has 0 aliphatic rings. The van der Waals surface area contributed by atoms with Gasteiger partial charge in [-0.25, -0.2) is 0 Å². The maximum Gasteiger partial charge on any atom is 0.258 e. The average molecular weight is 325 g/mol. The minimum Gasteiger partial charge on any atom is -0.484 e. The molecule has 0 heterocycles. The number of rotatable bonds is 7. The molecule has 0 aliphatic carbocycles. The van der Waals surface area contributed by atoms with Crippen molar-refractivity contribution >= 4 is 5.91 Å². The minimum atomic E-state index is -0.0959. The fourth-order valence-corrected chi connectivity index (χ4v) is 2.82. The number of ether oxygens (including phenoxy) is 1. The molecule has 1 amide bonds. The first kappa shape index (κ1) is 18.1. The first-order valence-electron chi connectivity index (χ1n) is 8.61. The van der Waals surface area contributed by atoms with E-state index in [0.717, 1.165) is 18.6 Å². The van der Waals surface area contributed by atoms with E-state index in [1.165, 1.54) is 22.3 Å². The molecule has 3 heteroatoms. The van der Waals surface area contributed by atoms with E-state index in [4.69, 9.17) is 4.74 Å². The summed E-state index contributed by atoms with van der Waals surface area (Å²) < 4.78 is 5.59. The fraction of sp³-hybridized carbons (Fsp3) is 0.381. The average Bonchev–Trinajstić information content (AvgIpc) is 2.59. The standard InChI is InChI=1S/C21H27NO2/c1-5-17-8-10-18(11-9-17)24-14-21(23)22-20(6-2)19-12-7-15(3)13-16(19)4/h7-13,20H,5-6,14H2,1-4H3,(H,22,23)/t20-/m1/s1. The number of hydrogen-bond acceptors (Lipinski definition) is 2.